The van der Waals surface area contributed by atoms with Crippen LogP contribution in [0.15, 0.2) is 35.4 Å². The third kappa shape index (κ3) is 3.08. The van der Waals surface area contributed by atoms with Gasteiger partial charge in [0.05, 0.1) is 11.8 Å². The molecule has 1 saturated heterocycles. The van der Waals surface area contributed by atoms with Gasteiger partial charge in [0.15, 0.2) is 0 Å². The number of rotatable bonds is 4. The molecule has 1 fully saturated rings. The first kappa shape index (κ1) is 17.4. The van der Waals surface area contributed by atoms with E-state index in [1.54, 1.807) is 23.7 Å². The third-order valence-corrected chi connectivity index (χ3v) is 6.92. The van der Waals surface area contributed by atoms with Crippen molar-refractivity contribution < 1.29 is 9.90 Å². The van der Waals surface area contributed by atoms with Crippen molar-refractivity contribution in [3.8, 4) is 10.4 Å². The maximum absolute atomic E-state index is 13.1. The van der Waals surface area contributed by atoms with Crippen molar-refractivity contribution in [1.82, 2.24) is 20.1 Å². The molecular formula is C18H20N4O2S2. The molecule has 4 heterocycles. The van der Waals surface area contributed by atoms with E-state index in [2.05, 4.69) is 22.1 Å². The van der Waals surface area contributed by atoms with E-state index in [0.717, 1.165) is 21.9 Å². The molecular weight excluding hydrogens is 368 g/mol. The van der Waals surface area contributed by atoms with Crippen LogP contribution >= 0.6 is 22.7 Å². The van der Waals surface area contributed by atoms with Crippen molar-refractivity contribution in [2.45, 2.75) is 37.8 Å². The zero-order chi connectivity index (χ0) is 18.1. The van der Waals surface area contributed by atoms with Crippen LogP contribution in [0.4, 0.5) is 0 Å². The summed E-state index contributed by atoms with van der Waals surface area (Å²) in [6, 6.07) is 1.93. The monoisotopic (exact) mass is 388 g/mol. The van der Waals surface area contributed by atoms with Crippen molar-refractivity contribution in [3.63, 3.8) is 0 Å². The van der Waals surface area contributed by atoms with Gasteiger partial charge in [-0.1, -0.05) is 6.92 Å². The third-order valence-electron chi connectivity index (χ3n) is 4.97. The first-order valence-electron chi connectivity index (χ1n) is 8.62. The molecule has 136 valence electrons. The van der Waals surface area contributed by atoms with Gasteiger partial charge in [0, 0.05) is 59.0 Å². The van der Waals surface area contributed by atoms with Gasteiger partial charge in [-0.15, -0.1) is 22.7 Å². The zero-order valence-electron chi connectivity index (χ0n) is 14.4. The van der Waals surface area contributed by atoms with Crippen LogP contribution in [0, 0.1) is 0 Å². The van der Waals surface area contributed by atoms with Gasteiger partial charge < -0.3 is 10.0 Å². The number of nitrogens with zero attached hydrogens (tertiary/aromatic N) is 3. The average molecular weight is 389 g/mol. The first-order chi connectivity index (χ1) is 12.6. The fourth-order valence-corrected chi connectivity index (χ4v) is 5.16. The number of nitrogens with one attached hydrogen (secondary N) is 1. The maximum atomic E-state index is 13.1. The van der Waals surface area contributed by atoms with Crippen molar-refractivity contribution in [1.29, 1.82) is 0 Å². The summed E-state index contributed by atoms with van der Waals surface area (Å²) in [6.07, 6.45) is 7.15. The normalized spacial score (nSPS) is 23.3. The lowest BCUT2D eigenvalue weighted by atomic mass is 9.85. The predicted molar refractivity (Wildman–Crippen MR) is 102 cm³/mol. The lowest BCUT2D eigenvalue weighted by molar-refractivity contribution is -0.0445. The summed E-state index contributed by atoms with van der Waals surface area (Å²) in [5.41, 5.74) is 0.754. The molecule has 4 rings (SSSR count). The number of carbonyl (C=O) groups excluding carboxylic acids is 1. The highest BCUT2D eigenvalue weighted by Crippen LogP contribution is 2.38. The molecule has 0 aromatic carbocycles. The highest BCUT2D eigenvalue weighted by atomic mass is 32.1. The highest BCUT2D eigenvalue weighted by Gasteiger charge is 2.42. The second kappa shape index (κ2) is 6.94. The van der Waals surface area contributed by atoms with E-state index in [1.807, 2.05) is 27.9 Å². The molecule has 8 heteroatoms. The topological polar surface area (TPSA) is 82.1 Å². The number of hydrogen-bond acceptors (Lipinski definition) is 6. The first-order valence-corrected chi connectivity index (χ1v) is 10.4. The highest BCUT2D eigenvalue weighted by molar-refractivity contribution is 7.13. The quantitative estimate of drug-likeness (QED) is 0.717. The number of H-pyrrole nitrogens is 1. The number of likely N-dealkylation sites (tertiary alicyclic amines) is 1. The van der Waals surface area contributed by atoms with E-state index in [0.29, 0.717) is 24.9 Å². The molecule has 2 unspecified atom stereocenters. The van der Waals surface area contributed by atoms with E-state index in [-0.39, 0.29) is 11.9 Å². The molecule has 3 aromatic rings. The van der Waals surface area contributed by atoms with E-state index < -0.39 is 5.60 Å². The van der Waals surface area contributed by atoms with Crippen LogP contribution in [-0.4, -0.2) is 43.7 Å². The number of hydrogen-bond donors (Lipinski definition) is 2. The summed E-state index contributed by atoms with van der Waals surface area (Å²) < 4.78 is 0. The summed E-state index contributed by atoms with van der Waals surface area (Å²) in [4.78, 5) is 20.3. The Kier molecular flexibility index (Phi) is 4.64. The minimum atomic E-state index is -0.928. The maximum Gasteiger partial charge on any atom is 0.254 e. The minimum absolute atomic E-state index is 0.00225. The molecule has 1 aliphatic heterocycles. The van der Waals surface area contributed by atoms with E-state index >= 15 is 0 Å². The van der Waals surface area contributed by atoms with Crippen LogP contribution in [-0.2, 0) is 5.60 Å². The Balaban J connectivity index is 1.53. The van der Waals surface area contributed by atoms with Crippen molar-refractivity contribution in [2.24, 2.45) is 0 Å². The second-order valence-corrected chi connectivity index (χ2v) is 8.38. The molecule has 0 saturated carbocycles. The predicted octanol–water partition coefficient (Wildman–Crippen LogP) is 3.50. The van der Waals surface area contributed by atoms with Gasteiger partial charge >= 0.3 is 0 Å². The number of aliphatic hydroxyl groups is 1. The van der Waals surface area contributed by atoms with Crippen LogP contribution in [0.1, 0.15) is 41.6 Å². The molecule has 3 aromatic heterocycles. The lowest BCUT2D eigenvalue weighted by Gasteiger charge is -2.43. The number of piperidine rings is 1. The summed E-state index contributed by atoms with van der Waals surface area (Å²) in [7, 11) is 0. The largest absolute Gasteiger partial charge is 0.383 e. The molecule has 0 spiro atoms. The van der Waals surface area contributed by atoms with Crippen LogP contribution in [0.5, 0.6) is 0 Å². The van der Waals surface area contributed by atoms with Gasteiger partial charge in [-0.25, -0.2) is 4.98 Å². The molecule has 0 aliphatic carbocycles. The Morgan fingerprint density at radius 3 is 3.08 bits per heavy atom. The molecule has 26 heavy (non-hydrogen) atoms. The lowest BCUT2D eigenvalue weighted by Crippen LogP contribution is -2.51. The summed E-state index contributed by atoms with van der Waals surface area (Å²) >= 11 is 3.02. The summed E-state index contributed by atoms with van der Waals surface area (Å²) in [5.74, 6) is 0.0315. The smallest absolute Gasteiger partial charge is 0.254 e. The number of amides is 1. The molecule has 2 atom stereocenters. The Bertz CT molecular complexity index is 875. The number of aromatic nitrogens is 3. The fraction of sp³-hybridized carbons (Fsp3) is 0.389. The van der Waals surface area contributed by atoms with Gasteiger partial charge in [0.2, 0.25) is 0 Å². The fourth-order valence-electron chi connectivity index (χ4n) is 3.52. The number of aromatic amines is 1. The molecule has 0 radical (unpaired) electrons. The Labute approximate surface area is 159 Å². The Morgan fingerprint density at radius 2 is 2.38 bits per heavy atom. The van der Waals surface area contributed by atoms with E-state index in [1.165, 1.54) is 11.3 Å². The number of carbonyl (C=O) groups is 1. The summed E-state index contributed by atoms with van der Waals surface area (Å²) in [6.45, 7) is 2.59. The number of thiophene rings is 1. The van der Waals surface area contributed by atoms with Crippen molar-refractivity contribution >= 4 is 28.6 Å². The van der Waals surface area contributed by atoms with Crippen LogP contribution in [0.3, 0.4) is 0 Å². The molecule has 1 aliphatic rings. The molecule has 6 nitrogen and oxygen atoms in total. The average Bonchev–Trinajstić information content (AvgIpc) is 3.42. The zero-order valence-corrected chi connectivity index (χ0v) is 16.0. The van der Waals surface area contributed by atoms with Gasteiger partial charge in [0.1, 0.15) is 10.6 Å². The van der Waals surface area contributed by atoms with Gasteiger partial charge in [0.25, 0.3) is 5.91 Å². The molecule has 2 N–H and O–H groups in total. The molecule has 1 amide bonds. The van der Waals surface area contributed by atoms with Crippen molar-refractivity contribution in [2.75, 3.05) is 6.54 Å². The Morgan fingerprint density at radius 1 is 1.50 bits per heavy atom. The van der Waals surface area contributed by atoms with Gasteiger partial charge in [-0.2, -0.15) is 5.10 Å². The van der Waals surface area contributed by atoms with Crippen molar-refractivity contribution in [3.05, 3.63) is 46.0 Å². The minimum Gasteiger partial charge on any atom is -0.383 e. The molecule has 0 bridgehead atoms. The van der Waals surface area contributed by atoms with Crippen LogP contribution in [0.2, 0.25) is 0 Å². The van der Waals surface area contributed by atoms with Gasteiger partial charge in [-0.05, 0) is 12.5 Å². The van der Waals surface area contributed by atoms with Gasteiger partial charge in [-0.3, -0.25) is 9.89 Å². The van der Waals surface area contributed by atoms with Crippen LogP contribution in [0.25, 0.3) is 10.4 Å². The SMILES string of the molecule is CCC1CC(O)(c2nccs2)CCN1C(=O)c1csc(-c2cn[nH]c2)c1. The number of thiazole rings is 1. The second-order valence-electron chi connectivity index (χ2n) is 6.57. The standard InChI is InChI=1S/C18H20N4O2S2/c1-2-14-8-18(24,17-19-4-6-25-17)3-5-22(14)16(23)12-7-15(26-11-12)13-9-20-21-10-13/h4,6-7,9-11,14,24H,2-3,5,8H2,1H3,(H,20,21). The van der Waals surface area contributed by atoms with Crippen LogP contribution < -0.4 is 0 Å². The summed E-state index contributed by atoms with van der Waals surface area (Å²) in [5, 5.41) is 22.3. The van der Waals surface area contributed by atoms with E-state index in [9.17, 15) is 9.90 Å². The Hall–Kier alpha value is -2.03. The van der Waals surface area contributed by atoms with E-state index in [4.69, 9.17) is 0 Å².